The van der Waals surface area contributed by atoms with Gasteiger partial charge in [-0.1, -0.05) is 37.4 Å². The van der Waals surface area contributed by atoms with Crippen LogP contribution in [0.15, 0.2) is 32.3 Å². The Labute approximate surface area is 149 Å². The molecule has 0 saturated carbocycles. The highest BCUT2D eigenvalue weighted by Crippen LogP contribution is 2.16. The van der Waals surface area contributed by atoms with Crippen molar-refractivity contribution in [2.24, 2.45) is 10.9 Å². The van der Waals surface area contributed by atoms with Crippen LogP contribution >= 0.6 is 11.6 Å². The molecule has 1 N–H and O–H groups in total. The molecule has 0 aliphatic heterocycles. The Kier molecular flexibility index (Phi) is 6.25. The summed E-state index contributed by atoms with van der Waals surface area (Å²) in [7, 11) is 0. The number of rotatable bonds is 6. The van der Waals surface area contributed by atoms with E-state index in [1.165, 1.54) is 4.57 Å². The molecular weight excluding hydrogens is 347 g/mol. The van der Waals surface area contributed by atoms with Crippen molar-refractivity contribution in [2.45, 2.75) is 33.7 Å². The third-order valence-corrected chi connectivity index (χ3v) is 4.13. The highest BCUT2D eigenvalue weighted by atomic mass is 35.5. The smallest absolute Gasteiger partial charge is 0.293 e. The number of H-pyrrole nitrogens is 1. The minimum absolute atomic E-state index is 0.0280. The van der Waals surface area contributed by atoms with E-state index in [4.69, 9.17) is 11.6 Å². The van der Waals surface area contributed by atoms with Crippen molar-refractivity contribution in [2.75, 3.05) is 6.54 Å². The Balaban J connectivity index is 2.36. The zero-order valence-corrected chi connectivity index (χ0v) is 15.1. The van der Waals surface area contributed by atoms with Crippen molar-refractivity contribution >= 4 is 28.8 Å². The molecule has 0 spiro atoms. The van der Waals surface area contributed by atoms with Gasteiger partial charge in [-0.15, -0.1) is 0 Å². The topological polar surface area (TPSA) is 80.1 Å². The second-order valence-electron chi connectivity index (χ2n) is 6.02. The number of aliphatic imine (C=N–C) groups is 1. The molecule has 0 fully saturated rings. The van der Waals surface area contributed by atoms with E-state index in [0.29, 0.717) is 5.92 Å². The largest absolute Gasteiger partial charge is 0.330 e. The lowest BCUT2D eigenvalue weighted by Crippen LogP contribution is -2.31. The molecule has 0 amide bonds. The quantitative estimate of drug-likeness (QED) is 0.630. The van der Waals surface area contributed by atoms with Crippen molar-refractivity contribution in [3.8, 4) is 0 Å². The minimum Gasteiger partial charge on any atom is -0.293 e. The maximum Gasteiger partial charge on any atom is 0.330 e. The van der Waals surface area contributed by atoms with Crippen LogP contribution in [0.4, 0.5) is 4.39 Å². The zero-order chi connectivity index (χ0) is 18.6. The molecule has 2 aromatic heterocycles. The zero-order valence-electron chi connectivity index (χ0n) is 14.3. The predicted molar refractivity (Wildman–Crippen MR) is 98.2 cm³/mol. The normalized spacial score (nSPS) is 13.7. The van der Waals surface area contributed by atoms with Gasteiger partial charge in [0.05, 0.1) is 11.9 Å². The number of halogens is 2. The fourth-order valence-corrected chi connectivity index (χ4v) is 2.29. The van der Waals surface area contributed by atoms with Gasteiger partial charge in [-0.2, -0.15) is 0 Å². The van der Waals surface area contributed by atoms with Gasteiger partial charge in [0.25, 0.3) is 5.56 Å². The van der Waals surface area contributed by atoms with Gasteiger partial charge in [0.1, 0.15) is 0 Å². The minimum atomic E-state index is -0.811. The fourth-order valence-electron chi connectivity index (χ4n) is 2.16. The predicted octanol–water partition coefficient (Wildman–Crippen LogP) is 2.94. The summed E-state index contributed by atoms with van der Waals surface area (Å²) in [6, 6.07) is 0.978. The molecule has 0 aliphatic rings. The number of hydrogen-bond acceptors (Lipinski definition) is 4. The number of aromatic nitrogens is 3. The summed E-state index contributed by atoms with van der Waals surface area (Å²) in [5.41, 5.74) is -0.455. The number of allylic oxidation sites excluding steroid dienone is 2. The molecule has 0 aromatic carbocycles. The van der Waals surface area contributed by atoms with E-state index in [-0.39, 0.29) is 22.7 Å². The standard InChI is InChI=1S/C17H20ClFN4O2/c1-4-10(2)8-20-6-5-11(3)9-23-15-12(16(24)22-17(23)25)7-13(19)14(18)21-15/h5-7,10H,4,8-9H2,1-3H3,(H,22,24,25)/b11-5-,20-6?. The molecule has 2 heterocycles. The van der Waals surface area contributed by atoms with E-state index >= 15 is 0 Å². The van der Waals surface area contributed by atoms with Gasteiger partial charge in [-0.25, -0.2) is 14.2 Å². The second-order valence-corrected chi connectivity index (χ2v) is 6.38. The van der Waals surface area contributed by atoms with Crippen LogP contribution in [0.3, 0.4) is 0 Å². The van der Waals surface area contributed by atoms with Crippen LogP contribution in [0.1, 0.15) is 27.2 Å². The number of nitrogens with one attached hydrogen (secondary N) is 1. The average molecular weight is 367 g/mol. The summed E-state index contributed by atoms with van der Waals surface area (Å²) in [6.45, 7) is 6.96. The molecule has 6 nitrogen and oxygen atoms in total. The average Bonchev–Trinajstić information content (AvgIpc) is 2.57. The van der Waals surface area contributed by atoms with Crippen LogP contribution in [0.25, 0.3) is 11.0 Å². The lowest BCUT2D eigenvalue weighted by Gasteiger charge is -2.09. The van der Waals surface area contributed by atoms with Gasteiger partial charge in [-0.05, 0) is 25.0 Å². The first-order valence-electron chi connectivity index (χ1n) is 7.98. The number of fused-ring (bicyclic) bond motifs is 1. The lowest BCUT2D eigenvalue weighted by atomic mass is 10.1. The van der Waals surface area contributed by atoms with Gasteiger partial charge in [0.15, 0.2) is 16.6 Å². The van der Waals surface area contributed by atoms with Crippen molar-refractivity contribution < 1.29 is 4.39 Å². The molecule has 25 heavy (non-hydrogen) atoms. The van der Waals surface area contributed by atoms with E-state index in [1.54, 1.807) is 12.3 Å². The van der Waals surface area contributed by atoms with Crippen LogP contribution in [0, 0.1) is 11.7 Å². The summed E-state index contributed by atoms with van der Waals surface area (Å²) in [5.74, 6) is -0.300. The first-order valence-corrected chi connectivity index (χ1v) is 8.35. The fraction of sp³-hybridized carbons (Fsp3) is 0.412. The maximum atomic E-state index is 13.6. The maximum absolute atomic E-state index is 13.6. The summed E-state index contributed by atoms with van der Waals surface area (Å²) in [4.78, 5) is 34.3. The Morgan fingerprint density at radius 2 is 2.24 bits per heavy atom. The molecule has 8 heteroatoms. The van der Waals surface area contributed by atoms with Crippen LogP contribution < -0.4 is 11.2 Å². The van der Waals surface area contributed by atoms with Gasteiger partial charge >= 0.3 is 5.69 Å². The Bertz CT molecular complexity index is 946. The second kappa shape index (κ2) is 8.20. The molecule has 1 unspecified atom stereocenters. The number of pyridine rings is 1. The molecule has 0 bridgehead atoms. The van der Waals surface area contributed by atoms with Crippen molar-refractivity contribution in [1.29, 1.82) is 0 Å². The van der Waals surface area contributed by atoms with Gasteiger partial charge in [0.2, 0.25) is 0 Å². The lowest BCUT2D eigenvalue weighted by molar-refractivity contribution is 0.578. The Morgan fingerprint density at radius 3 is 2.92 bits per heavy atom. The van der Waals surface area contributed by atoms with Gasteiger partial charge < -0.3 is 0 Å². The van der Waals surface area contributed by atoms with E-state index in [0.717, 1.165) is 24.6 Å². The van der Waals surface area contributed by atoms with Crippen LogP contribution in [0.2, 0.25) is 5.15 Å². The highest BCUT2D eigenvalue weighted by Gasteiger charge is 2.13. The first-order chi connectivity index (χ1) is 11.8. The molecular formula is C17H20ClFN4O2. The third-order valence-electron chi connectivity index (χ3n) is 3.86. The summed E-state index contributed by atoms with van der Waals surface area (Å²) in [6.07, 6.45) is 4.54. The van der Waals surface area contributed by atoms with Crippen LogP contribution in [-0.4, -0.2) is 27.3 Å². The Hall–Kier alpha value is -2.28. The van der Waals surface area contributed by atoms with E-state index < -0.39 is 17.1 Å². The van der Waals surface area contributed by atoms with Gasteiger partial charge in [0, 0.05) is 12.8 Å². The van der Waals surface area contributed by atoms with Crippen molar-refractivity contribution in [1.82, 2.24) is 14.5 Å². The SMILES string of the molecule is CCC(C)CN=C/C=C(/C)Cn1c(=O)[nH]c(=O)c2cc(F)c(Cl)nc21. The summed E-state index contributed by atoms with van der Waals surface area (Å²) in [5, 5.41) is -0.414. The molecule has 2 rings (SSSR count). The molecule has 1 atom stereocenters. The van der Waals surface area contributed by atoms with Crippen molar-refractivity contribution in [3.63, 3.8) is 0 Å². The van der Waals surface area contributed by atoms with Crippen molar-refractivity contribution in [3.05, 3.63) is 49.5 Å². The Morgan fingerprint density at radius 1 is 1.52 bits per heavy atom. The third kappa shape index (κ3) is 4.63. The summed E-state index contributed by atoms with van der Waals surface area (Å²) < 4.78 is 14.8. The number of hydrogen-bond donors (Lipinski definition) is 1. The van der Waals surface area contributed by atoms with E-state index in [2.05, 4.69) is 28.8 Å². The van der Waals surface area contributed by atoms with E-state index in [1.807, 2.05) is 6.92 Å². The summed E-state index contributed by atoms with van der Waals surface area (Å²) >= 11 is 5.70. The molecule has 0 aliphatic carbocycles. The van der Waals surface area contributed by atoms with E-state index in [9.17, 15) is 14.0 Å². The van der Waals surface area contributed by atoms with Crippen LogP contribution in [-0.2, 0) is 6.54 Å². The number of aromatic amines is 1. The highest BCUT2D eigenvalue weighted by molar-refractivity contribution is 6.29. The molecule has 0 radical (unpaired) electrons. The first kappa shape index (κ1) is 19.1. The van der Waals surface area contributed by atoms with Crippen LogP contribution in [0.5, 0.6) is 0 Å². The molecule has 2 aromatic rings. The monoisotopic (exact) mass is 366 g/mol. The molecule has 0 saturated heterocycles. The molecule has 134 valence electrons. The number of nitrogens with zero attached hydrogens (tertiary/aromatic N) is 3. The van der Waals surface area contributed by atoms with Gasteiger partial charge in [-0.3, -0.25) is 19.3 Å².